The zero-order chi connectivity index (χ0) is 18.4. The van der Waals surface area contributed by atoms with Crippen molar-refractivity contribution in [1.29, 1.82) is 0 Å². The SMILES string of the molecule is C=CCNC(=O)[C@@H](C)OC(=O)[C@@H]1CC(=O)N(c2cccc(SC)c2)C1. The Hall–Kier alpha value is -2.28. The Kier molecular flexibility index (Phi) is 6.64. The van der Waals surface area contributed by atoms with Crippen molar-refractivity contribution in [1.82, 2.24) is 5.32 Å². The molecule has 1 fully saturated rings. The smallest absolute Gasteiger partial charge is 0.312 e. The zero-order valence-corrected chi connectivity index (χ0v) is 15.2. The number of anilines is 1. The summed E-state index contributed by atoms with van der Waals surface area (Å²) in [6.07, 6.45) is 2.69. The van der Waals surface area contributed by atoms with E-state index < -0.39 is 18.0 Å². The number of hydrogen-bond acceptors (Lipinski definition) is 5. The first kappa shape index (κ1) is 19.1. The lowest BCUT2D eigenvalue weighted by Crippen LogP contribution is -2.37. The molecular formula is C18H22N2O4S. The molecule has 2 atom stereocenters. The molecule has 0 saturated carbocycles. The maximum atomic E-state index is 12.3. The van der Waals surface area contributed by atoms with Gasteiger partial charge in [0, 0.05) is 30.1 Å². The third kappa shape index (κ3) is 4.85. The molecule has 0 aliphatic carbocycles. The first-order chi connectivity index (χ1) is 12.0. The number of thioether (sulfide) groups is 1. The van der Waals surface area contributed by atoms with E-state index in [9.17, 15) is 14.4 Å². The van der Waals surface area contributed by atoms with Crippen LogP contribution < -0.4 is 10.2 Å². The highest BCUT2D eigenvalue weighted by Gasteiger charge is 2.37. The minimum atomic E-state index is -0.906. The number of hydrogen-bond donors (Lipinski definition) is 1. The number of carbonyl (C=O) groups is 3. The van der Waals surface area contributed by atoms with E-state index in [1.54, 1.807) is 22.7 Å². The maximum absolute atomic E-state index is 12.3. The highest BCUT2D eigenvalue weighted by atomic mass is 32.2. The summed E-state index contributed by atoms with van der Waals surface area (Å²) in [5.74, 6) is -1.61. The minimum absolute atomic E-state index is 0.0866. The van der Waals surface area contributed by atoms with Gasteiger partial charge in [-0.05, 0) is 31.4 Å². The van der Waals surface area contributed by atoms with Crippen LogP contribution in [0.4, 0.5) is 5.69 Å². The molecule has 0 bridgehead atoms. The van der Waals surface area contributed by atoms with E-state index in [1.165, 1.54) is 6.92 Å². The van der Waals surface area contributed by atoms with Crippen molar-refractivity contribution in [2.45, 2.75) is 24.3 Å². The average molecular weight is 362 g/mol. The molecule has 1 aliphatic heterocycles. The summed E-state index contributed by atoms with van der Waals surface area (Å²) < 4.78 is 5.20. The molecule has 6 nitrogen and oxygen atoms in total. The molecule has 25 heavy (non-hydrogen) atoms. The van der Waals surface area contributed by atoms with Gasteiger partial charge in [0.25, 0.3) is 5.91 Å². The largest absolute Gasteiger partial charge is 0.452 e. The third-order valence-corrected chi connectivity index (χ3v) is 4.63. The fourth-order valence-electron chi connectivity index (χ4n) is 2.53. The van der Waals surface area contributed by atoms with Gasteiger partial charge in [0.05, 0.1) is 5.92 Å². The molecule has 1 saturated heterocycles. The molecule has 0 radical (unpaired) electrons. The van der Waals surface area contributed by atoms with Crippen LogP contribution in [0.2, 0.25) is 0 Å². The summed E-state index contributed by atoms with van der Waals surface area (Å²) >= 11 is 1.59. The van der Waals surface area contributed by atoms with E-state index in [2.05, 4.69) is 11.9 Å². The van der Waals surface area contributed by atoms with Crippen molar-refractivity contribution in [3.63, 3.8) is 0 Å². The van der Waals surface area contributed by atoms with Gasteiger partial charge < -0.3 is 15.0 Å². The second-order valence-corrected chi connectivity index (χ2v) is 6.60. The second kappa shape index (κ2) is 8.71. The Balaban J connectivity index is 1.98. The quantitative estimate of drug-likeness (QED) is 0.456. The van der Waals surface area contributed by atoms with Crippen LogP contribution in [0.1, 0.15) is 13.3 Å². The number of nitrogens with one attached hydrogen (secondary N) is 1. The van der Waals surface area contributed by atoms with Gasteiger partial charge in [-0.25, -0.2) is 0 Å². The molecule has 0 unspecified atom stereocenters. The summed E-state index contributed by atoms with van der Waals surface area (Å²) in [4.78, 5) is 38.9. The number of rotatable bonds is 7. The second-order valence-electron chi connectivity index (χ2n) is 5.72. The lowest BCUT2D eigenvalue weighted by atomic mass is 10.1. The number of nitrogens with zero attached hydrogens (tertiary/aromatic N) is 1. The average Bonchev–Trinajstić information content (AvgIpc) is 3.01. The molecule has 1 aliphatic rings. The Morgan fingerprint density at radius 2 is 2.28 bits per heavy atom. The number of ether oxygens (including phenoxy) is 1. The van der Waals surface area contributed by atoms with Gasteiger partial charge >= 0.3 is 5.97 Å². The number of carbonyl (C=O) groups excluding carboxylic acids is 3. The van der Waals surface area contributed by atoms with E-state index in [1.807, 2.05) is 30.5 Å². The Morgan fingerprint density at radius 1 is 1.52 bits per heavy atom. The van der Waals surface area contributed by atoms with Gasteiger partial charge in [0.2, 0.25) is 5.91 Å². The van der Waals surface area contributed by atoms with Crippen molar-refractivity contribution < 1.29 is 19.1 Å². The van der Waals surface area contributed by atoms with E-state index in [-0.39, 0.29) is 24.8 Å². The van der Waals surface area contributed by atoms with Crippen LogP contribution >= 0.6 is 11.8 Å². The van der Waals surface area contributed by atoms with E-state index >= 15 is 0 Å². The van der Waals surface area contributed by atoms with Gasteiger partial charge in [-0.1, -0.05) is 12.1 Å². The van der Waals surface area contributed by atoms with Crippen LogP contribution in [-0.2, 0) is 19.1 Å². The van der Waals surface area contributed by atoms with Gasteiger partial charge in [-0.3, -0.25) is 14.4 Å². The predicted octanol–water partition coefficient (Wildman–Crippen LogP) is 2.00. The molecule has 1 aromatic rings. The molecule has 1 N–H and O–H groups in total. The predicted molar refractivity (Wildman–Crippen MR) is 97.4 cm³/mol. The van der Waals surface area contributed by atoms with Gasteiger partial charge in [0.1, 0.15) is 0 Å². The summed E-state index contributed by atoms with van der Waals surface area (Å²) in [6, 6.07) is 7.61. The molecule has 1 heterocycles. The zero-order valence-electron chi connectivity index (χ0n) is 14.4. The molecule has 2 rings (SSSR count). The van der Waals surface area contributed by atoms with E-state index in [0.717, 1.165) is 10.6 Å². The first-order valence-electron chi connectivity index (χ1n) is 7.99. The summed E-state index contributed by atoms with van der Waals surface area (Å²) in [5.41, 5.74) is 0.768. The third-order valence-electron chi connectivity index (χ3n) is 3.91. The Labute approximate surface area is 151 Å². The molecule has 2 amide bonds. The fourth-order valence-corrected chi connectivity index (χ4v) is 2.99. The number of esters is 1. The van der Waals surface area contributed by atoms with E-state index in [0.29, 0.717) is 6.54 Å². The molecule has 1 aromatic carbocycles. The highest BCUT2D eigenvalue weighted by Crippen LogP contribution is 2.28. The normalized spacial score (nSPS) is 17.9. The van der Waals surface area contributed by atoms with Crippen LogP contribution in [0.5, 0.6) is 0 Å². The lowest BCUT2D eigenvalue weighted by molar-refractivity contribution is -0.158. The summed E-state index contributed by atoms with van der Waals surface area (Å²) in [7, 11) is 0. The topological polar surface area (TPSA) is 75.7 Å². The molecular weight excluding hydrogens is 340 g/mol. The Morgan fingerprint density at radius 3 is 2.96 bits per heavy atom. The molecule has 0 aromatic heterocycles. The van der Waals surface area contributed by atoms with Crippen LogP contribution in [-0.4, -0.2) is 43.2 Å². The highest BCUT2D eigenvalue weighted by molar-refractivity contribution is 7.98. The fraction of sp³-hybridized carbons (Fsp3) is 0.389. The number of amides is 2. The summed E-state index contributed by atoms with van der Waals surface area (Å²) in [5, 5.41) is 2.57. The number of benzene rings is 1. The van der Waals surface area contributed by atoms with Gasteiger partial charge in [-0.15, -0.1) is 18.3 Å². The standard InChI is InChI=1S/C18H22N2O4S/c1-4-8-19-17(22)12(2)24-18(23)13-9-16(21)20(11-13)14-6-5-7-15(10-14)25-3/h4-7,10,12-13H,1,8-9,11H2,2-3H3,(H,19,22)/t12-,13-/m1/s1. The van der Waals surface area contributed by atoms with Gasteiger partial charge in [0.15, 0.2) is 6.10 Å². The lowest BCUT2D eigenvalue weighted by Gasteiger charge is -2.18. The Bertz CT molecular complexity index is 677. The van der Waals surface area contributed by atoms with Crippen molar-refractivity contribution in [3.8, 4) is 0 Å². The van der Waals surface area contributed by atoms with Crippen molar-refractivity contribution in [2.75, 3.05) is 24.2 Å². The minimum Gasteiger partial charge on any atom is -0.452 e. The van der Waals surface area contributed by atoms with Crippen LogP contribution in [0.15, 0.2) is 41.8 Å². The van der Waals surface area contributed by atoms with Gasteiger partial charge in [-0.2, -0.15) is 0 Å². The molecule has 0 spiro atoms. The van der Waals surface area contributed by atoms with Crippen molar-refractivity contribution >= 4 is 35.2 Å². The van der Waals surface area contributed by atoms with E-state index in [4.69, 9.17) is 4.74 Å². The maximum Gasteiger partial charge on any atom is 0.312 e. The first-order valence-corrected chi connectivity index (χ1v) is 9.22. The van der Waals surface area contributed by atoms with Crippen molar-refractivity contribution in [3.05, 3.63) is 36.9 Å². The molecule has 7 heteroatoms. The summed E-state index contributed by atoms with van der Waals surface area (Å²) in [6.45, 7) is 5.58. The van der Waals surface area contributed by atoms with Crippen LogP contribution in [0, 0.1) is 5.92 Å². The van der Waals surface area contributed by atoms with Crippen LogP contribution in [0.25, 0.3) is 0 Å². The monoisotopic (exact) mass is 362 g/mol. The van der Waals surface area contributed by atoms with Crippen LogP contribution in [0.3, 0.4) is 0 Å². The molecule has 134 valence electrons. The van der Waals surface area contributed by atoms with Crippen molar-refractivity contribution in [2.24, 2.45) is 5.92 Å².